The number of aromatic nitrogens is 1. The second-order valence-electron chi connectivity index (χ2n) is 5.68. The van der Waals surface area contributed by atoms with Gasteiger partial charge in [-0.25, -0.2) is 4.79 Å². The molecule has 1 aromatic heterocycles. The molecule has 2 heterocycles. The lowest BCUT2D eigenvalue weighted by Gasteiger charge is -2.17. The highest BCUT2D eigenvalue weighted by Crippen LogP contribution is 2.18. The lowest BCUT2D eigenvalue weighted by atomic mass is 10.1. The summed E-state index contributed by atoms with van der Waals surface area (Å²) in [6, 6.07) is 11.8. The summed E-state index contributed by atoms with van der Waals surface area (Å²) in [5, 5.41) is 9.03. The largest absolute Gasteiger partial charge is 0.478 e. The van der Waals surface area contributed by atoms with E-state index in [1.165, 1.54) is 12.1 Å². The normalized spacial score (nSPS) is 17.0. The zero-order chi connectivity index (χ0) is 16.9. The molecule has 3 rings (SSSR count). The van der Waals surface area contributed by atoms with Crippen LogP contribution in [0.4, 0.5) is 0 Å². The maximum absolute atomic E-state index is 12.5. The van der Waals surface area contributed by atoms with Crippen molar-refractivity contribution in [3.8, 4) is 0 Å². The molecule has 124 valence electrons. The molecule has 1 aliphatic heterocycles. The molecule has 2 aromatic rings. The molecule has 0 bridgehead atoms. The fourth-order valence-electron chi connectivity index (χ4n) is 2.70. The molecular weight excluding hydrogens is 308 g/mol. The number of carbonyl (C=O) groups is 2. The Morgan fingerprint density at radius 2 is 2.04 bits per heavy atom. The zero-order valence-electron chi connectivity index (χ0n) is 13.1. The molecule has 1 aliphatic rings. The first-order chi connectivity index (χ1) is 11.6. The van der Waals surface area contributed by atoms with E-state index in [-0.39, 0.29) is 17.6 Å². The van der Waals surface area contributed by atoms with Crippen molar-refractivity contribution in [2.24, 2.45) is 0 Å². The molecule has 1 fully saturated rings. The van der Waals surface area contributed by atoms with Crippen LogP contribution in [0.5, 0.6) is 0 Å². The number of pyridine rings is 1. The molecule has 24 heavy (non-hydrogen) atoms. The Kier molecular flexibility index (Phi) is 4.86. The van der Waals surface area contributed by atoms with Crippen LogP contribution in [0.25, 0.3) is 0 Å². The van der Waals surface area contributed by atoms with Crippen LogP contribution in [-0.2, 0) is 11.3 Å². The highest BCUT2D eigenvalue weighted by atomic mass is 16.5. The Bertz CT molecular complexity index is 733. The van der Waals surface area contributed by atoms with Crippen LogP contribution in [0.3, 0.4) is 0 Å². The number of carboxylic acid groups (broad SMARTS) is 1. The van der Waals surface area contributed by atoms with E-state index in [2.05, 4.69) is 4.98 Å². The molecule has 1 saturated heterocycles. The van der Waals surface area contributed by atoms with Gasteiger partial charge in [-0.15, -0.1) is 0 Å². The molecule has 1 unspecified atom stereocenters. The minimum atomic E-state index is -1.04. The molecule has 1 atom stereocenters. The van der Waals surface area contributed by atoms with E-state index in [0.717, 1.165) is 12.1 Å². The summed E-state index contributed by atoms with van der Waals surface area (Å²) in [5.74, 6) is -1.20. The van der Waals surface area contributed by atoms with Gasteiger partial charge in [-0.05, 0) is 36.8 Å². The number of aromatic carboxylic acids is 1. The third-order valence-electron chi connectivity index (χ3n) is 3.98. The number of benzene rings is 1. The summed E-state index contributed by atoms with van der Waals surface area (Å²) >= 11 is 0. The van der Waals surface area contributed by atoms with Crippen LogP contribution in [0.2, 0.25) is 0 Å². The molecule has 0 spiro atoms. The summed E-state index contributed by atoms with van der Waals surface area (Å²) in [6.07, 6.45) is 2.45. The van der Waals surface area contributed by atoms with Gasteiger partial charge >= 0.3 is 5.97 Å². The summed E-state index contributed by atoms with van der Waals surface area (Å²) < 4.78 is 5.82. The van der Waals surface area contributed by atoms with Gasteiger partial charge in [0.05, 0.1) is 24.0 Å². The number of likely N-dealkylation sites (tertiary alicyclic amines) is 1. The summed E-state index contributed by atoms with van der Waals surface area (Å²) in [4.78, 5) is 29.4. The molecule has 6 nitrogen and oxygen atoms in total. The molecule has 0 radical (unpaired) electrons. The molecule has 1 N–H and O–H groups in total. The number of amides is 1. The van der Waals surface area contributed by atoms with Crippen molar-refractivity contribution >= 4 is 11.9 Å². The number of carboxylic acids is 1. The van der Waals surface area contributed by atoms with Crippen LogP contribution >= 0.6 is 0 Å². The smallest absolute Gasteiger partial charge is 0.335 e. The molecule has 1 amide bonds. The van der Waals surface area contributed by atoms with Crippen molar-refractivity contribution in [3.05, 3.63) is 65.5 Å². The van der Waals surface area contributed by atoms with Crippen molar-refractivity contribution < 1.29 is 19.4 Å². The average molecular weight is 326 g/mol. The van der Waals surface area contributed by atoms with E-state index in [9.17, 15) is 9.59 Å². The van der Waals surface area contributed by atoms with E-state index >= 15 is 0 Å². The fourth-order valence-corrected chi connectivity index (χ4v) is 2.70. The zero-order valence-corrected chi connectivity index (χ0v) is 13.1. The van der Waals surface area contributed by atoms with Gasteiger partial charge in [0.1, 0.15) is 0 Å². The monoisotopic (exact) mass is 326 g/mol. The van der Waals surface area contributed by atoms with E-state index in [1.807, 2.05) is 18.2 Å². The first-order valence-electron chi connectivity index (χ1n) is 7.77. The number of hydrogen-bond acceptors (Lipinski definition) is 4. The van der Waals surface area contributed by atoms with Gasteiger partial charge in [-0.1, -0.05) is 12.1 Å². The predicted molar refractivity (Wildman–Crippen MR) is 86.7 cm³/mol. The van der Waals surface area contributed by atoms with E-state index in [4.69, 9.17) is 9.84 Å². The van der Waals surface area contributed by atoms with Gasteiger partial charge in [0, 0.05) is 24.8 Å². The van der Waals surface area contributed by atoms with E-state index in [0.29, 0.717) is 25.3 Å². The Morgan fingerprint density at radius 3 is 2.79 bits per heavy atom. The third kappa shape index (κ3) is 3.78. The van der Waals surface area contributed by atoms with Crippen LogP contribution in [0.15, 0.2) is 48.7 Å². The maximum atomic E-state index is 12.5. The molecule has 0 saturated carbocycles. The first-order valence-corrected chi connectivity index (χ1v) is 7.77. The minimum Gasteiger partial charge on any atom is -0.478 e. The van der Waals surface area contributed by atoms with Gasteiger partial charge in [-0.2, -0.15) is 0 Å². The molecular formula is C18H18N2O4. The lowest BCUT2D eigenvalue weighted by molar-refractivity contribution is 0.0422. The summed E-state index contributed by atoms with van der Waals surface area (Å²) in [5.41, 5.74) is 1.36. The standard InChI is InChI=1S/C18H18N2O4/c21-17(13-4-3-5-14(10-13)18(22)23)20-9-7-16(11-20)24-12-15-6-1-2-8-19-15/h1-6,8,10,16H,7,9,11-12H2,(H,22,23). The quantitative estimate of drug-likeness (QED) is 0.911. The van der Waals surface area contributed by atoms with Crippen molar-refractivity contribution in [2.45, 2.75) is 19.1 Å². The summed E-state index contributed by atoms with van der Waals surface area (Å²) in [7, 11) is 0. The van der Waals surface area contributed by atoms with Crippen molar-refractivity contribution in [2.75, 3.05) is 13.1 Å². The van der Waals surface area contributed by atoms with Gasteiger partial charge < -0.3 is 14.7 Å². The van der Waals surface area contributed by atoms with Gasteiger partial charge in [-0.3, -0.25) is 9.78 Å². The average Bonchev–Trinajstić information content (AvgIpc) is 3.09. The van der Waals surface area contributed by atoms with E-state index < -0.39 is 5.97 Å². The van der Waals surface area contributed by atoms with Crippen molar-refractivity contribution in [1.29, 1.82) is 0 Å². The number of ether oxygens (including phenoxy) is 1. The van der Waals surface area contributed by atoms with Crippen LogP contribution < -0.4 is 0 Å². The fraction of sp³-hybridized carbons (Fsp3) is 0.278. The number of hydrogen-bond donors (Lipinski definition) is 1. The second-order valence-corrected chi connectivity index (χ2v) is 5.68. The first kappa shape index (κ1) is 16.1. The van der Waals surface area contributed by atoms with Crippen molar-refractivity contribution in [3.63, 3.8) is 0 Å². The lowest BCUT2D eigenvalue weighted by Crippen LogP contribution is -2.30. The molecule has 1 aromatic carbocycles. The Balaban J connectivity index is 1.58. The highest BCUT2D eigenvalue weighted by molar-refractivity contribution is 5.97. The van der Waals surface area contributed by atoms with Gasteiger partial charge in [0.15, 0.2) is 0 Å². The third-order valence-corrected chi connectivity index (χ3v) is 3.98. The van der Waals surface area contributed by atoms with Crippen molar-refractivity contribution in [1.82, 2.24) is 9.88 Å². The second kappa shape index (κ2) is 7.23. The summed E-state index contributed by atoms with van der Waals surface area (Å²) in [6.45, 7) is 1.52. The Morgan fingerprint density at radius 1 is 1.21 bits per heavy atom. The Labute approximate surface area is 139 Å². The van der Waals surface area contributed by atoms with Gasteiger partial charge in [0.2, 0.25) is 0 Å². The van der Waals surface area contributed by atoms with Gasteiger partial charge in [0.25, 0.3) is 5.91 Å². The van der Waals surface area contributed by atoms with Crippen LogP contribution in [-0.4, -0.2) is 46.1 Å². The number of rotatable bonds is 5. The van der Waals surface area contributed by atoms with E-state index in [1.54, 1.807) is 23.2 Å². The maximum Gasteiger partial charge on any atom is 0.335 e. The molecule has 0 aliphatic carbocycles. The van der Waals surface area contributed by atoms with Crippen LogP contribution in [0, 0.1) is 0 Å². The molecule has 6 heteroatoms. The SMILES string of the molecule is O=C(O)c1cccc(C(=O)N2CCC(OCc3ccccn3)C2)c1. The number of carbonyl (C=O) groups excluding carboxylic acids is 1. The highest BCUT2D eigenvalue weighted by Gasteiger charge is 2.27. The number of nitrogens with zero attached hydrogens (tertiary/aromatic N) is 2. The Hall–Kier alpha value is -2.73. The minimum absolute atomic E-state index is 0.0291. The van der Waals surface area contributed by atoms with Crippen LogP contribution in [0.1, 0.15) is 32.8 Å². The topological polar surface area (TPSA) is 79.7 Å². The predicted octanol–water partition coefficient (Wildman–Crippen LogP) is 2.21.